The minimum absolute atomic E-state index is 0.873. The largest absolute Gasteiger partial charge is 0.399 e. The minimum atomic E-state index is 0.873. The van der Waals surface area contributed by atoms with Gasteiger partial charge in [-0.05, 0) is 67.5 Å². The summed E-state index contributed by atoms with van der Waals surface area (Å²) in [5.74, 6) is 0. The molecule has 2 aromatic carbocycles. The Balaban J connectivity index is 1.92. The molecule has 0 radical (unpaired) electrons. The van der Waals surface area contributed by atoms with Gasteiger partial charge in [0.25, 0.3) is 0 Å². The van der Waals surface area contributed by atoms with Gasteiger partial charge < -0.3 is 11.5 Å². The molecule has 0 unspecified atom stereocenters. The average Bonchev–Trinajstić information content (AvgIpc) is 2.38. The second-order valence-corrected chi connectivity index (χ2v) is 5.24. The maximum atomic E-state index is 5.83. The van der Waals surface area contributed by atoms with Gasteiger partial charge in [-0.3, -0.25) is 0 Å². The van der Waals surface area contributed by atoms with Crippen LogP contribution in [0, 0.1) is 13.8 Å². The molecule has 0 saturated carbocycles. The molecule has 0 heterocycles. The molecule has 0 saturated heterocycles. The van der Waals surface area contributed by atoms with E-state index in [1.165, 1.54) is 22.3 Å². The fourth-order valence-electron chi connectivity index (χ4n) is 2.28. The topological polar surface area (TPSA) is 52.0 Å². The van der Waals surface area contributed by atoms with E-state index in [2.05, 4.69) is 38.1 Å². The number of nitrogens with two attached hydrogens (primary N) is 2. The Hall–Kier alpha value is -1.96. The summed E-state index contributed by atoms with van der Waals surface area (Å²) in [4.78, 5) is 0. The Bertz CT molecular complexity index is 522. The zero-order chi connectivity index (χ0) is 13.8. The second-order valence-electron chi connectivity index (χ2n) is 5.24. The van der Waals surface area contributed by atoms with Gasteiger partial charge in [0, 0.05) is 11.4 Å². The number of benzene rings is 2. The molecule has 0 amide bonds. The maximum Gasteiger partial charge on any atom is 0.0343 e. The van der Waals surface area contributed by atoms with Gasteiger partial charge in [-0.15, -0.1) is 0 Å². The Morgan fingerprint density at radius 1 is 0.737 bits per heavy atom. The summed E-state index contributed by atoms with van der Waals surface area (Å²) >= 11 is 0. The highest BCUT2D eigenvalue weighted by Gasteiger charge is 2.00. The minimum Gasteiger partial charge on any atom is -0.399 e. The molecule has 2 nitrogen and oxygen atoms in total. The fourth-order valence-corrected chi connectivity index (χ4v) is 2.28. The van der Waals surface area contributed by atoms with Crippen molar-refractivity contribution in [1.29, 1.82) is 0 Å². The normalized spacial score (nSPS) is 10.6. The van der Waals surface area contributed by atoms with Crippen LogP contribution in [0.1, 0.15) is 28.7 Å². The Morgan fingerprint density at radius 2 is 1.16 bits per heavy atom. The van der Waals surface area contributed by atoms with E-state index in [1.54, 1.807) is 0 Å². The van der Waals surface area contributed by atoms with E-state index in [1.807, 2.05) is 12.1 Å². The van der Waals surface area contributed by atoms with Crippen LogP contribution in [0.25, 0.3) is 0 Å². The van der Waals surface area contributed by atoms with E-state index in [0.29, 0.717) is 0 Å². The second kappa shape index (κ2) is 5.79. The molecule has 19 heavy (non-hydrogen) atoms. The lowest BCUT2D eigenvalue weighted by Gasteiger charge is -2.07. The molecule has 0 bridgehead atoms. The van der Waals surface area contributed by atoms with Crippen molar-refractivity contribution < 1.29 is 0 Å². The van der Waals surface area contributed by atoms with E-state index in [0.717, 1.165) is 30.6 Å². The summed E-state index contributed by atoms with van der Waals surface area (Å²) in [7, 11) is 0. The SMILES string of the molecule is Cc1cc(CCCc2ccc(N)c(C)c2)ccc1N. The van der Waals surface area contributed by atoms with E-state index in [4.69, 9.17) is 11.5 Å². The molecule has 0 aliphatic rings. The summed E-state index contributed by atoms with van der Waals surface area (Å²) in [5, 5.41) is 0. The highest BCUT2D eigenvalue weighted by atomic mass is 14.6. The van der Waals surface area contributed by atoms with Gasteiger partial charge in [-0.1, -0.05) is 24.3 Å². The number of anilines is 2. The van der Waals surface area contributed by atoms with Crippen molar-refractivity contribution >= 4 is 11.4 Å². The van der Waals surface area contributed by atoms with E-state index in [9.17, 15) is 0 Å². The number of hydrogen-bond donors (Lipinski definition) is 2. The Kier molecular flexibility index (Phi) is 4.10. The first-order chi connectivity index (χ1) is 9.06. The van der Waals surface area contributed by atoms with Crippen LogP contribution in [0.5, 0.6) is 0 Å². The van der Waals surface area contributed by atoms with Crippen molar-refractivity contribution in [3.8, 4) is 0 Å². The van der Waals surface area contributed by atoms with Gasteiger partial charge in [0.2, 0.25) is 0 Å². The highest BCUT2D eigenvalue weighted by Crippen LogP contribution is 2.17. The molecule has 0 aromatic heterocycles. The third kappa shape index (κ3) is 3.50. The summed E-state index contributed by atoms with van der Waals surface area (Å²) in [6.07, 6.45) is 3.32. The molecule has 0 aliphatic carbocycles. The molecule has 0 aliphatic heterocycles. The van der Waals surface area contributed by atoms with Crippen LogP contribution < -0.4 is 11.5 Å². The van der Waals surface area contributed by atoms with Crippen molar-refractivity contribution in [2.75, 3.05) is 11.5 Å². The number of nitrogen functional groups attached to an aromatic ring is 2. The van der Waals surface area contributed by atoms with Gasteiger partial charge >= 0.3 is 0 Å². The van der Waals surface area contributed by atoms with E-state index >= 15 is 0 Å². The van der Waals surface area contributed by atoms with E-state index in [-0.39, 0.29) is 0 Å². The molecule has 0 spiro atoms. The van der Waals surface area contributed by atoms with Crippen LogP contribution in [0.3, 0.4) is 0 Å². The molecule has 100 valence electrons. The summed E-state index contributed by atoms with van der Waals surface area (Å²) in [6.45, 7) is 4.12. The number of rotatable bonds is 4. The first-order valence-electron chi connectivity index (χ1n) is 6.76. The Labute approximate surface area is 115 Å². The Morgan fingerprint density at radius 3 is 1.53 bits per heavy atom. The van der Waals surface area contributed by atoms with E-state index < -0.39 is 0 Å². The predicted molar refractivity (Wildman–Crippen MR) is 83.2 cm³/mol. The zero-order valence-corrected chi connectivity index (χ0v) is 11.7. The van der Waals surface area contributed by atoms with Crippen molar-refractivity contribution in [3.05, 3.63) is 58.7 Å². The van der Waals surface area contributed by atoms with Crippen LogP contribution in [0.4, 0.5) is 11.4 Å². The third-order valence-corrected chi connectivity index (χ3v) is 3.60. The molecule has 2 aromatic rings. The van der Waals surface area contributed by atoms with Crippen molar-refractivity contribution in [3.63, 3.8) is 0 Å². The first kappa shape index (κ1) is 13.5. The van der Waals surface area contributed by atoms with Gasteiger partial charge in [-0.2, -0.15) is 0 Å². The standard InChI is InChI=1S/C17H22N2/c1-12-10-14(6-8-16(12)18)4-3-5-15-7-9-17(19)13(2)11-15/h6-11H,3-5,18-19H2,1-2H3. The van der Waals surface area contributed by atoms with Crippen LogP contribution in [-0.2, 0) is 12.8 Å². The maximum absolute atomic E-state index is 5.83. The third-order valence-electron chi connectivity index (χ3n) is 3.60. The summed E-state index contributed by atoms with van der Waals surface area (Å²) in [5.41, 5.74) is 18.5. The predicted octanol–water partition coefficient (Wildman–Crippen LogP) is 3.64. The van der Waals surface area contributed by atoms with Crippen molar-refractivity contribution in [1.82, 2.24) is 0 Å². The number of hydrogen-bond acceptors (Lipinski definition) is 2. The molecule has 0 fully saturated rings. The van der Waals surface area contributed by atoms with Gasteiger partial charge in [0.15, 0.2) is 0 Å². The number of aryl methyl sites for hydroxylation is 4. The quantitative estimate of drug-likeness (QED) is 0.818. The van der Waals surface area contributed by atoms with Crippen molar-refractivity contribution in [2.45, 2.75) is 33.1 Å². The summed E-state index contributed by atoms with van der Waals surface area (Å²) < 4.78 is 0. The molecule has 2 heteroatoms. The van der Waals surface area contributed by atoms with Crippen LogP contribution in [0.2, 0.25) is 0 Å². The fraction of sp³-hybridized carbons (Fsp3) is 0.294. The van der Waals surface area contributed by atoms with Crippen LogP contribution in [-0.4, -0.2) is 0 Å². The first-order valence-corrected chi connectivity index (χ1v) is 6.76. The average molecular weight is 254 g/mol. The lowest BCUT2D eigenvalue weighted by Crippen LogP contribution is -1.95. The summed E-state index contributed by atoms with van der Waals surface area (Å²) in [6, 6.07) is 12.6. The van der Waals surface area contributed by atoms with Crippen LogP contribution in [0.15, 0.2) is 36.4 Å². The smallest absolute Gasteiger partial charge is 0.0343 e. The van der Waals surface area contributed by atoms with Gasteiger partial charge in [0.1, 0.15) is 0 Å². The lowest BCUT2D eigenvalue weighted by molar-refractivity contribution is 0.819. The van der Waals surface area contributed by atoms with Crippen LogP contribution >= 0.6 is 0 Å². The molecular weight excluding hydrogens is 232 g/mol. The molecule has 2 rings (SSSR count). The monoisotopic (exact) mass is 254 g/mol. The lowest BCUT2D eigenvalue weighted by atomic mass is 10.0. The highest BCUT2D eigenvalue weighted by molar-refractivity contribution is 5.48. The zero-order valence-electron chi connectivity index (χ0n) is 11.7. The van der Waals surface area contributed by atoms with Gasteiger partial charge in [-0.25, -0.2) is 0 Å². The van der Waals surface area contributed by atoms with Gasteiger partial charge in [0.05, 0.1) is 0 Å². The van der Waals surface area contributed by atoms with Crippen molar-refractivity contribution in [2.24, 2.45) is 0 Å². The molecule has 0 atom stereocenters. The molecular formula is C17H22N2. The molecule has 4 N–H and O–H groups in total.